The molecule has 0 N–H and O–H groups in total. The monoisotopic (exact) mass is 344 g/mol. The first-order valence-electron chi connectivity index (χ1n) is 2.72. The van der Waals surface area contributed by atoms with Gasteiger partial charge < -0.3 is 0 Å². The van der Waals surface area contributed by atoms with Crippen LogP contribution in [0.1, 0.15) is 13.8 Å². The second-order valence-electron chi connectivity index (χ2n) is 1.28. The summed E-state index contributed by atoms with van der Waals surface area (Å²) < 4.78 is 2.74. The van der Waals surface area contributed by atoms with Crippen LogP contribution in [0.4, 0.5) is 0 Å². The fraction of sp³-hybridized carbons (Fsp3) is 1.00. The Hall–Kier alpha value is 1.91. The first-order chi connectivity index (χ1) is 4.12. The van der Waals surface area contributed by atoms with E-state index in [1.165, 1.54) is 0 Å². The fourth-order valence-electron chi connectivity index (χ4n) is 0.353. The van der Waals surface area contributed by atoms with Crippen LogP contribution in [0, 0.1) is 0 Å². The van der Waals surface area contributed by atoms with Crippen molar-refractivity contribution >= 4 is 34.3 Å². The minimum atomic E-state index is -2.26. The molecule has 1 atom stereocenters. The van der Waals surface area contributed by atoms with Crippen molar-refractivity contribution in [3.8, 4) is 0 Å². The first kappa shape index (κ1) is 14.4. The van der Waals surface area contributed by atoms with Gasteiger partial charge in [0.15, 0.2) is 0 Å². The molecule has 0 amide bonds. The van der Waals surface area contributed by atoms with E-state index in [2.05, 4.69) is 15.1 Å². The van der Waals surface area contributed by atoms with Crippen LogP contribution in [-0.4, -0.2) is 36.2 Å². The molecule has 0 radical (unpaired) electrons. The zero-order valence-corrected chi connectivity index (χ0v) is 11.1. The van der Waals surface area contributed by atoms with Crippen LogP contribution in [0.3, 0.4) is 0 Å². The van der Waals surface area contributed by atoms with E-state index in [1.54, 1.807) is 0 Å². The SMILES string of the molecule is CCOP([O-])(=[Se])[Se]CC.[Cu+]. The normalized spacial score (nSPS) is 15.5. The Labute approximate surface area is 86.1 Å². The molecule has 0 saturated heterocycles. The predicted octanol–water partition coefficient (Wildman–Crippen LogP) is 0.369. The molecular formula is C4H10CuO2PSe2. The second-order valence-corrected chi connectivity index (χ2v) is 15.1. The van der Waals surface area contributed by atoms with Crippen LogP contribution in [-0.2, 0) is 21.6 Å². The molecule has 6 heteroatoms. The molecule has 0 rings (SSSR count). The molecule has 10 heavy (non-hydrogen) atoms. The van der Waals surface area contributed by atoms with E-state index >= 15 is 0 Å². The Morgan fingerprint density at radius 2 is 2.10 bits per heavy atom. The zero-order chi connectivity index (χ0) is 7.33. The maximum absolute atomic E-state index is 11.2. The van der Waals surface area contributed by atoms with Crippen molar-refractivity contribution in [2.75, 3.05) is 6.61 Å². The Morgan fingerprint density at radius 1 is 1.60 bits per heavy atom. The Balaban J connectivity index is 0. The molecule has 1 unspecified atom stereocenters. The molecule has 66 valence electrons. The molecular weight excluding hydrogens is 332 g/mol. The molecule has 0 aliphatic rings. The molecule has 2 nitrogen and oxygen atoms in total. The Kier molecular flexibility index (Phi) is 10.9. The summed E-state index contributed by atoms with van der Waals surface area (Å²) in [4.78, 5) is 11.2. The standard InChI is InChI=1S/C4H11O2PSe2.Cu/c1-3-6-7(5,8)9-4-2;/h3-4H2,1-2H3,(H,5,8);/q;+1/p-1. The van der Waals surface area contributed by atoms with Crippen molar-refractivity contribution < 1.29 is 26.5 Å². The van der Waals surface area contributed by atoms with Crippen molar-refractivity contribution in [3.05, 3.63) is 0 Å². The Bertz CT molecular complexity index is 112. The molecule has 0 aromatic rings. The molecule has 0 fully saturated rings. The predicted molar refractivity (Wildman–Crippen MR) is 40.5 cm³/mol. The van der Waals surface area contributed by atoms with E-state index in [0.29, 0.717) is 6.61 Å². The average molecular weight is 343 g/mol. The van der Waals surface area contributed by atoms with E-state index in [1.807, 2.05) is 13.8 Å². The van der Waals surface area contributed by atoms with Gasteiger partial charge in [-0.3, -0.25) is 0 Å². The van der Waals surface area contributed by atoms with E-state index in [4.69, 9.17) is 4.52 Å². The third-order valence-corrected chi connectivity index (χ3v) is 10.1. The summed E-state index contributed by atoms with van der Waals surface area (Å²) in [5.74, 6) is 0. The molecule has 0 aliphatic carbocycles. The van der Waals surface area contributed by atoms with E-state index in [-0.39, 0.29) is 31.6 Å². The molecule has 0 aliphatic heterocycles. The first-order valence-corrected chi connectivity index (χ1v) is 9.99. The molecule has 0 spiro atoms. The topological polar surface area (TPSA) is 32.3 Å². The van der Waals surface area contributed by atoms with Crippen LogP contribution < -0.4 is 4.89 Å². The van der Waals surface area contributed by atoms with Gasteiger partial charge in [0.25, 0.3) is 0 Å². The van der Waals surface area contributed by atoms with Crippen molar-refractivity contribution in [3.63, 3.8) is 0 Å². The van der Waals surface area contributed by atoms with Crippen LogP contribution in [0.5, 0.6) is 0 Å². The maximum Gasteiger partial charge on any atom is 1.00 e. The second kappa shape index (κ2) is 7.55. The number of hydrogen-bond donors (Lipinski definition) is 0. The third-order valence-electron chi connectivity index (χ3n) is 0.574. The van der Waals surface area contributed by atoms with Gasteiger partial charge in [0.1, 0.15) is 0 Å². The van der Waals surface area contributed by atoms with E-state index in [9.17, 15) is 4.89 Å². The molecule has 0 aromatic carbocycles. The number of rotatable bonds is 4. The van der Waals surface area contributed by atoms with Crippen molar-refractivity contribution in [2.45, 2.75) is 19.2 Å². The van der Waals surface area contributed by atoms with Gasteiger partial charge in [-0.25, -0.2) is 0 Å². The van der Waals surface area contributed by atoms with Crippen molar-refractivity contribution in [1.82, 2.24) is 0 Å². The summed E-state index contributed by atoms with van der Waals surface area (Å²) in [5, 5.41) is 0.970. The van der Waals surface area contributed by atoms with Gasteiger partial charge in [0.05, 0.1) is 0 Å². The molecule has 0 bridgehead atoms. The minimum absolute atomic E-state index is 0. The van der Waals surface area contributed by atoms with E-state index in [0.717, 1.165) is 5.32 Å². The third kappa shape index (κ3) is 8.01. The van der Waals surface area contributed by atoms with Gasteiger partial charge in [0.2, 0.25) is 0 Å². The maximum atomic E-state index is 11.2. The van der Waals surface area contributed by atoms with Gasteiger partial charge in [-0.1, -0.05) is 0 Å². The molecule has 0 aromatic heterocycles. The smallest absolute Gasteiger partial charge is 1.00 e. The fourth-order valence-corrected chi connectivity index (χ4v) is 8.29. The van der Waals surface area contributed by atoms with Crippen LogP contribution in [0.15, 0.2) is 0 Å². The van der Waals surface area contributed by atoms with Gasteiger partial charge >= 0.3 is 86.5 Å². The van der Waals surface area contributed by atoms with Gasteiger partial charge in [-0.2, -0.15) is 0 Å². The van der Waals surface area contributed by atoms with Gasteiger partial charge in [0, 0.05) is 0 Å². The summed E-state index contributed by atoms with van der Waals surface area (Å²) in [6.45, 7) is 4.42. The van der Waals surface area contributed by atoms with Crippen molar-refractivity contribution in [1.29, 1.82) is 0 Å². The summed E-state index contributed by atoms with van der Waals surface area (Å²) in [6, 6.07) is 0. The zero-order valence-electron chi connectivity index (χ0n) is 5.80. The molecule has 0 saturated carbocycles. The summed E-state index contributed by atoms with van der Waals surface area (Å²) in [6.07, 6.45) is 0. The van der Waals surface area contributed by atoms with Gasteiger partial charge in [-0.15, -0.1) is 0 Å². The van der Waals surface area contributed by atoms with Crippen LogP contribution in [0.2, 0.25) is 5.32 Å². The van der Waals surface area contributed by atoms with Crippen LogP contribution >= 0.6 is 4.65 Å². The minimum Gasteiger partial charge on any atom is 1.00 e. The Morgan fingerprint density at radius 3 is 2.40 bits per heavy atom. The van der Waals surface area contributed by atoms with Gasteiger partial charge in [-0.05, 0) is 0 Å². The quantitative estimate of drug-likeness (QED) is 0.546. The number of hydrogen-bond acceptors (Lipinski definition) is 2. The molecule has 0 heterocycles. The average Bonchev–Trinajstić information content (AvgIpc) is 1.64. The summed E-state index contributed by atoms with van der Waals surface area (Å²) in [7, 11) is 0. The van der Waals surface area contributed by atoms with E-state index < -0.39 is 4.65 Å². The van der Waals surface area contributed by atoms with Crippen molar-refractivity contribution in [2.24, 2.45) is 0 Å². The summed E-state index contributed by atoms with van der Waals surface area (Å²) >= 11 is 2.76. The van der Waals surface area contributed by atoms with Crippen LogP contribution in [0.25, 0.3) is 0 Å². The summed E-state index contributed by atoms with van der Waals surface area (Å²) in [5.41, 5.74) is 0. The largest absolute Gasteiger partial charge is 1.00 e.